The number of hydrogen-bond donors (Lipinski definition) is 1. The number of sulfonamides is 1. The zero-order valence-corrected chi connectivity index (χ0v) is 12.7. The summed E-state index contributed by atoms with van der Waals surface area (Å²) in [5.41, 5.74) is 1.19. The van der Waals surface area contributed by atoms with Crippen LogP contribution in [-0.4, -0.2) is 8.42 Å². The number of halogens is 3. The molecule has 2 rings (SSSR count). The minimum Gasteiger partial charge on any atom is -0.280 e. The number of benzene rings is 2. The van der Waals surface area contributed by atoms with E-state index in [-0.39, 0.29) is 4.90 Å². The molecule has 0 saturated heterocycles. The van der Waals surface area contributed by atoms with Gasteiger partial charge in [-0.15, -0.1) is 0 Å². The molecule has 2 aromatic rings. The third-order valence-corrected chi connectivity index (χ3v) is 4.88. The molecule has 0 amide bonds. The van der Waals surface area contributed by atoms with E-state index in [1.807, 2.05) is 0 Å². The highest BCUT2D eigenvalue weighted by molar-refractivity contribution is 9.10. The molecule has 106 valence electrons. The fourth-order valence-electron chi connectivity index (χ4n) is 1.57. The normalized spacial score (nSPS) is 11.4. The summed E-state index contributed by atoms with van der Waals surface area (Å²) in [5.74, 6) is -2.30. The molecule has 20 heavy (non-hydrogen) atoms. The maximum Gasteiger partial charge on any atom is 0.261 e. The molecule has 0 spiro atoms. The smallest absolute Gasteiger partial charge is 0.261 e. The lowest BCUT2D eigenvalue weighted by molar-refractivity contribution is 0.504. The second kappa shape index (κ2) is 5.49. The third kappa shape index (κ3) is 3.16. The van der Waals surface area contributed by atoms with Crippen LogP contribution in [0, 0.1) is 18.6 Å². The van der Waals surface area contributed by atoms with Gasteiger partial charge < -0.3 is 0 Å². The van der Waals surface area contributed by atoms with Gasteiger partial charge in [-0.2, -0.15) is 0 Å². The number of nitrogens with one attached hydrogen (secondary N) is 1. The number of rotatable bonds is 3. The van der Waals surface area contributed by atoms with Gasteiger partial charge in [-0.1, -0.05) is 15.9 Å². The van der Waals surface area contributed by atoms with Gasteiger partial charge in [0.15, 0.2) is 11.6 Å². The van der Waals surface area contributed by atoms with Crippen LogP contribution in [0.2, 0.25) is 0 Å². The highest BCUT2D eigenvalue weighted by atomic mass is 79.9. The fraction of sp³-hybridized carbons (Fsp3) is 0.0769. The van der Waals surface area contributed by atoms with Gasteiger partial charge in [0.2, 0.25) is 0 Å². The lowest BCUT2D eigenvalue weighted by Gasteiger charge is -2.09. The van der Waals surface area contributed by atoms with Crippen LogP contribution in [0.15, 0.2) is 45.8 Å². The standard InChI is InChI=1S/C13H10BrF2NO2S/c1-8-6-9(2-4-11(8)14)17-20(18,19)10-3-5-12(15)13(16)7-10/h2-7,17H,1H3. The first kappa shape index (κ1) is 14.9. The van der Waals surface area contributed by atoms with Crippen LogP contribution >= 0.6 is 15.9 Å². The Labute approximate surface area is 123 Å². The van der Waals surface area contributed by atoms with Crippen molar-refractivity contribution in [1.82, 2.24) is 0 Å². The Morgan fingerprint density at radius 1 is 1.05 bits per heavy atom. The molecule has 0 saturated carbocycles. The van der Waals surface area contributed by atoms with Crippen LogP contribution < -0.4 is 4.72 Å². The molecule has 1 N–H and O–H groups in total. The summed E-state index contributed by atoms with van der Waals surface area (Å²) in [7, 11) is -3.95. The summed E-state index contributed by atoms with van der Waals surface area (Å²) in [4.78, 5) is -0.336. The lowest BCUT2D eigenvalue weighted by atomic mass is 10.2. The van der Waals surface area contributed by atoms with E-state index in [0.29, 0.717) is 11.8 Å². The SMILES string of the molecule is Cc1cc(NS(=O)(=O)c2ccc(F)c(F)c2)ccc1Br. The Morgan fingerprint density at radius 2 is 1.75 bits per heavy atom. The Morgan fingerprint density at radius 3 is 2.35 bits per heavy atom. The van der Waals surface area contributed by atoms with Crippen molar-refractivity contribution in [3.05, 3.63) is 58.1 Å². The van der Waals surface area contributed by atoms with E-state index >= 15 is 0 Å². The van der Waals surface area contributed by atoms with Crippen molar-refractivity contribution >= 4 is 31.6 Å². The van der Waals surface area contributed by atoms with Crippen LogP contribution in [0.5, 0.6) is 0 Å². The molecular weight excluding hydrogens is 352 g/mol. The monoisotopic (exact) mass is 361 g/mol. The summed E-state index contributed by atoms with van der Waals surface area (Å²) in [6.45, 7) is 1.81. The minimum absolute atomic E-state index is 0.336. The van der Waals surface area contributed by atoms with Gasteiger partial charge >= 0.3 is 0 Å². The van der Waals surface area contributed by atoms with E-state index in [9.17, 15) is 17.2 Å². The zero-order chi connectivity index (χ0) is 14.9. The van der Waals surface area contributed by atoms with E-state index in [1.165, 1.54) is 0 Å². The Bertz CT molecular complexity index is 763. The van der Waals surface area contributed by atoms with Crippen LogP contribution in [0.3, 0.4) is 0 Å². The molecule has 0 unspecified atom stereocenters. The van der Waals surface area contributed by atoms with E-state index in [1.54, 1.807) is 25.1 Å². The van der Waals surface area contributed by atoms with Crippen molar-refractivity contribution in [2.24, 2.45) is 0 Å². The maximum absolute atomic E-state index is 13.1. The topological polar surface area (TPSA) is 46.2 Å². The Hall–Kier alpha value is -1.47. The summed E-state index contributed by atoms with van der Waals surface area (Å²) in [5, 5.41) is 0. The molecule has 0 fully saturated rings. The number of hydrogen-bond acceptors (Lipinski definition) is 2. The zero-order valence-electron chi connectivity index (χ0n) is 10.3. The van der Waals surface area contributed by atoms with Crippen LogP contribution in [0.25, 0.3) is 0 Å². The average Bonchev–Trinajstić information content (AvgIpc) is 2.37. The first-order valence-corrected chi connectivity index (χ1v) is 7.81. The van der Waals surface area contributed by atoms with Gasteiger partial charge in [0.25, 0.3) is 10.0 Å². The van der Waals surface area contributed by atoms with Gasteiger partial charge in [-0.3, -0.25) is 4.72 Å². The van der Waals surface area contributed by atoms with Crippen LogP contribution in [0.4, 0.5) is 14.5 Å². The predicted octanol–water partition coefficient (Wildman–Crippen LogP) is 3.84. The second-order valence-electron chi connectivity index (χ2n) is 4.15. The Balaban J connectivity index is 2.35. The number of anilines is 1. The van der Waals surface area contributed by atoms with Gasteiger partial charge in [0.05, 0.1) is 4.90 Å². The molecule has 0 bridgehead atoms. The van der Waals surface area contributed by atoms with E-state index in [2.05, 4.69) is 20.7 Å². The van der Waals surface area contributed by atoms with Crippen molar-refractivity contribution in [3.8, 4) is 0 Å². The maximum atomic E-state index is 13.1. The number of aryl methyl sites for hydroxylation is 1. The highest BCUT2D eigenvalue weighted by Crippen LogP contribution is 2.23. The fourth-order valence-corrected chi connectivity index (χ4v) is 2.87. The van der Waals surface area contributed by atoms with E-state index < -0.39 is 21.7 Å². The van der Waals surface area contributed by atoms with Crippen molar-refractivity contribution < 1.29 is 17.2 Å². The summed E-state index contributed by atoms with van der Waals surface area (Å²) >= 11 is 3.30. The van der Waals surface area contributed by atoms with Crippen molar-refractivity contribution in [1.29, 1.82) is 0 Å². The molecule has 0 radical (unpaired) electrons. The lowest BCUT2D eigenvalue weighted by Crippen LogP contribution is -2.13. The molecule has 0 aromatic heterocycles. The van der Waals surface area contributed by atoms with Crippen LogP contribution in [0.1, 0.15) is 5.56 Å². The third-order valence-electron chi connectivity index (χ3n) is 2.61. The van der Waals surface area contributed by atoms with Crippen molar-refractivity contribution in [2.75, 3.05) is 4.72 Å². The van der Waals surface area contributed by atoms with E-state index in [0.717, 1.165) is 22.2 Å². The summed E-state index contributed by atoms with van der Waals surface area (Å²) < 4.78 is 53.2. The van der Waals surface area contributed by atoms with Gasteiger partial charge in [0, 0.05) is 10.2 Å². The predicted molar refractivity (Wildman–Crippen MR) is 76.0 cm³/mol. The van der Waals surface area contributed by atoms with Gasteiger partial charge in [-0.25, -0.2) is 17.2 Å². The van der Waals surface area contributed by atoms with E-state index in [4.69, 9.17) is 0 Å². The first-order valence-electron chi connectivity index (χ1n) is 5.53. The van der Waals surface area contributed by atoms with Crippen LogP contribution in [-0.2, 0) is 10.0 Å². The summed E-state index contributed by atoms with van der Waals surface area (Å²) in [6.07, 6.45) is 0. The van der Waals surface area contributed by atoms with Crippen molar-refractivity contribution in [2.45, 2.75) is 11.8 Å². The quantitative estimate of drug-likeness (QED) is 0.902. The Kier molecular flexibility index (Phi) is 4.10. The largest absolute Gasteiger partial charge is 0.280 e. The molecule has 0 aliphatic carbocycles. The molecule has 2 aromatic carbocycles. The molecule has 0 aliphatic heterocycles. The minimum atomic E-state index is -3.95. The molecule has 0 aliphatic rings. The molecule has 7 heteroatoms. The molecular formula is C13H10BrF2NO2S. The molecule has 0 atom stereocenters. The highest BCUT2D eigenvalue weighted by Gasteiger charge is 2.16. The van der Waals surface area contributed by atoms with Gasteiger partial charge in [0.1, 0.15) is 0 Å². The average molecular weight is 362 g/mol. The first-order chi connectivity index (χ1) is 9.29. The molecule has 3 nitrogen and oxygen atoms in total. The summed E-state index contributed by atoms with van der Waals surface area (Å²) in [6, 6.07) is 7.31. The van der Waals surface area contributed by atoms with Crippen molar-refractivity contribution in [3.63, 3.8) is 0 Å². The van der Waals surface area contributed by atoms with Gasteiger partial charge in [-0.05, 0) is 48.9 Å². The molecule has 0 heterocycles. The second-order valence-corrected chi connectivity index (χ2v) is 6.68.